The number of rotatable bonds is 8. The monoisotopic (exact) mass is 505 g/mol. The number of nitrogens with one attached hydrogen (secondary N) is 1. The minimum absolute atomic E-state index is 0.113. The number of hydrogen-bond acceptors (Lipinski definition) is 5. The van der Waals surface area contributed by atoms with Crippen LogP contribution in [-0.2, 0) is 22.6 Å². The molecule has 2 aromatic carbocycles. The van der Waals surface area contributed by atoms with Gasteiger partial charge in [0.25, 0.3) is 0 Å². The van der Waals surface area contributed by atoms with Crippen LogP contribution in [0, 0.1) is 12.3 Å². The van der Waals surface area contributed by atoms with Crippen molar-refractivity contribution in [3.8, 4) is 5.75 Å². The summed E-state index contributed by atoms with van der Waals surface area (Å²) in [6.07, 6.45) is 3.70. The zero-order valence-electron chi connectivity index (χ0n) is 23.1. The Bertz CT molecular complexity index is 1410. The second-order valence-corrected chi connectivity index (χ2v) is 11.4. The van der Waals surface area contributed by atoms with E-state index in [0.29, 0.717) is 35.1 Å². The van der Waals surface area contributed by atoms with E-state index < -0.39 is 0 Å². The van der Waals surface area contributed by atoms with Gasteiger partial charge in [0.1, 0.15) is 11.9 Å². The number of carbonyl (C=O) groups excluding carboxylic acids is 2. The van der Waals surface area contributed by atoms with Crippen LogP contribution < -0.4 is 4.74 Å². The summed E-state index contributed by atoms with van der Waals surface area (Å²) >= 11 is 0. The van der Waals surface area contributed by atoms with E-state index in [1.54, 1.807) is 7.11 Å². The lowest BCUT2D eigenvalue weighted by Crippen LogP contribution is -2.18. The fourth-order valence-corrected chi connectivity index (χ4v) is 5.97. The number of ether oxygens (including phenoxy) is 2. The number of allylic oxidation sites excluding steroid dienone is 2. The lowest BCUT2D eigenvalue weighted by molar-refractivity contribution is -0.145. The predicted octanol–water partition coefficient (Wildman–Crippen LogP) is 6.72. The van der Waals surface area contributed by atoms with E-state index in [-0.39, 0.29) is 24.5 Å². The molecule has 1 aliphatic carbocycles. The Balaban J connectivity index is 1.82. The number of aliphatic hydroxyl groups excluding tert-OH is 1. The van der Waals surface area contributed by atoms with Crippen LogP contribution in [0.4, 0.5) is 0 Å². The van der Waals surface area contributed by atoms with Gasteiger partial charge >= 0.3 is 5.97 Å². The van der Waals surface area contributed by atoms with Crippen molar-refractivity contribution in [3.05, 3.63) is 51.6 Å². The number of carbonyl (C=O) groups is 2. The normalized spacial score (nSPS) is 16.3. The van der Waals surface area contributed by atoms with Crippen molar-refractivity contribution in [2.45, 2.75) is 86.4 Å². The van der Waals surface area contributed by atoms with Gasteiger partial charge in [0.15, 0.2) is 5.78 Å². The van der Waals surface area contributed by atoms with E-state index in [0.717, 1.165) is 52.2 Å². The van der Waals surface area contributed by atoms with E-state index in [1.165, 1.54) is 18.1 Å². The molecule has 0 fully saturated rings. The molecule has 0 aliphatic heterocycles. The third-order valence-electron chi connectivity index (χ3n) is 7.87. The van der Waals surface area contributed by atoms with Crippen LogP contribution in [-0.4, -0.2) is 35.1 Å². The Morgan fingerprint density at radius 1 is 1.19 bits per heavy atom. The molecule has 0 amide bonds. The van der Waals surface area contributed by atoms with Crippen molar-refractivity contribution >= 4 is 33.6 Å². The average molecular weight is 506 g/mol. The van der Waals surface area contributed by atoms with Gasteiger partial charge < -0.3 is 19.6 Å². The highest BCUT2D eigenvalue weighted by Gasteiger charge is 2.27. The van der Waals surface area contributed by atoms with Crippen LogP contribution in [0.1, 0.15) is 87.4 Å². The lowest BCUT2D eigenvalue weighted by Gasteiger charge is -2.32. The number of hydrogen-bond donors (Lipinski definition) is 2. The Labute approximate surface area is 219 Å². The fraction of sp³-hybridized carbons (Fsp3) is 0.484. The summed E-state index contributed by atoms with van der Waals surface area (Å²) in [7, 11) is 1.60. The second-order valence-electron chi connectivity index (χ2n) is 11.4. The largest absolute Gasteiger partial charge is 0.496 e. The molecule has 6 nitrogen and oxygen atoms in total. The molecular formula is C31H39NO5. The molecule has 0 saturated heterocycles. The molecule has 1 aromatic heterocycles. The number of aromatic amines is 1. The maximum Gasteiger partial charge on any atom is 0.302 e. The smallest absolute Gasteiger partial charge is 0.302 e. The topological polar surface area (TPSA) is 88.6 Å². The number of esters is 1. The minimum atomic E-state index is -0.333. The Morgan fingerprint density at radius 2 is 1.92 bits per heavy atom. The fourth-order valence-electron chi connectivity index (χ4n) is 5.97. The van der Waals surface area contributed by atoms with E-state index in [1.807, 2.05) is 32.0 Å². The van der Waals surface area contributed by atoms with Crippen LogP contribution in [0.15, 0.2) is 29.3 Å². The van der Waals surface area contributed by atoms with Gasteiger partial charge in [-0.25, -0.2) is 0 Å². The SMILES string of the molecule is COc1c(CO)c(C)c(CC(C)OC(C)=O)c2[nH]c3ccc(C(=O)CC4=C(C)CC(C)(C)CC4)cc3c12. The van der Waals surface area contributed by atoms with Crippen LogP contribution in [0.3, 0.4) is 0 Å². The summed E-state index contributed by atoms with van der Waals surface area (Å²) in [6, 6.07) is 5.77. The zero-order valence-corrected chi connectivity index (χ0v) is 23.1. The maximum absolute atomic E-state index is 13.4. The molecule has 6 heteroatoms. The number of Topliss-reactive ketones (excluding diaryl/α,β-unsaturated/α-hetero) is 1. The second kappa shape index (κ2) is 10.3. The number of fused-ring (bicyclic) bond motifs is 3. The number of ketones is 1. The minimum Gasteiger partial charge on any atom is -0.496 e. The zero-order chi connectivity index (χ0) is 27.1. The van der Waals surface area contributed by atoms with Crippen molar-refractivity contribution in [1.82, 2.24) is 4.98 Å². The standard InChI is InChI=1S/C31H39NO5/c1-17-15-31(5,6)11-10-21(17)14-27(35)22-8-9-26-24(13-22)28-29(32-26)23(12-18(2)37-20(4)34)19(3)25(16-33)30(28)36-7/h8-9,13,18,32-33H,10-12,14-16H2,1-7H3. The summed E-state index contributed by atoms with van der Waals surface area (Å²) < 4.78 is 11.2. The van der Waals surface area contributed by atoms with Crippen molar-refractivity contribution in [2.75, 3.05) is 7.11 Å². The lowest BCUT2D eigenvalue weighted by atomic mass is 9.74. The third kappa shape index (κ3) is 5.30. The van der Waals surface area contributed by atoms with E-state index in [2.05, 4.69) is 25.8 Å². The molecule has 1 atom stereocenters. The summed E-state index contributed by atoms with van der Waals surface area (Å²) in [4.78, 5) is 28.4. The van der Waals surface area contributed by atoms with E-state index >= 15 is 0 Å². The van der Waals surface area contributed by atoms with Crippen LogP contribution >= 0.6 is 0 Å². The summed E-state index contributed by atoms with van der Waals surface area (Å²) in [6.45, 7) is 11.8. The molecule has 4 rings (SSSR count). The van der Waals surface area contributed by atoms with Crippen molar-refractivity contribution in [2.24, 2.45) is 5.41 Å². The molecule has 37 heavy (non-hydrogen) atoms. The van der Waals surface area contributed by atoms with E-state index in [4.69, 9.17) is 9.47 Å². The number of methoxy groups -OCH3 is 1. The quantitative estimate of drug-likeness (QED) is 0.201. The Kier molecular flexibility index (Phi) is 7.52. The first kappa shape index (κ1) is 26.9. The van der Waals surface area contributed by atoms with Gasteiger partial charge in [-0.15, -0.1) is 0 Å². The average Bonchev–Trinajstić information content (AvgIpc) is 3.19. The van der Waals surface area contributed by atoms with Gasteiger partial charge in [-0.3, -0.25) is 9.59 Å². The number of benzene rings is 2. The molecule has 2 N–H and O–H groups in total. The van der Waals surface area contributed by atoms with Crippen molar-refractivity contribution < 1.29 is 24.2 Å². The summed E-state index contributed by atoms with van der Waals surface area (Å²) in [5, 5.41) is 12.0. The van der Waals surface area contributed by atoms with Crippen LogP contribution in [0.25, 0.3) is 21.8 Å². The molecule has 0 spiro atoms. The van der Waals surface area contributed by atoms with Gasteiger partial charge in [0.05, 0.1) is 24.6 Å². The molecule has 198 valence electrons. The van der Waals surface area contributed by atoms with Gasteiger partial charge in [-0.2, -0.15) is 0 Å². The number of aliphatic hydroxyl groups is 1. The first-order valence-electron chi connectivity index (χ1n) is 13.1. The molecule has 1 aliphatic rings. The van der Waals surface area contributed by atoms with Crippen LogP contribution in [0.5, 0.6) is 5.75 Å². The van der Waals surface area contributed by atoms with Gasteiger partial charge in [-0.1, -0.05) is 25.0 Å². The first-order valence-corrected chi connectivity index (χ1v) is 13.1. The summed E-state index contributed by atoms with van der Waals surface area (Å²) in [5.41, 5.74) is 7.89. The maximum atomic E-state index is 13.4. The van der Waals surface area contributed by atoms with E-state index in [9.17, 15) is 14.7 Å². The van der Waals surface area contributed by atoms with Gasteiger partial charge in [-0.05, 0) is 74.8 Å². The first-order chi connectivity index (χ1) is 17.5. The number of H-pyrrole nitrogens is 1. The molecule has 3 aromatic rings. The number of aromatic nitrogens is 1. The Hall–Kier alpha value is -3.12. The summed E-state index contributed by atoms with van der Waals surface area (Å²) in [5.74, 6) is 0.384. The third-order valence-corrected chi connectivity index (χ3v) is 7.87. The molecule has 1 unspecified atom stereocenters. The van der Waals surface area contributed by atoms with Crippen molar-refractivity contribution in [1.29, 1.82) is 0 Å². The molecule has 0 saturated carbocycles. The van der Waals surface area contributed by atoms with Gasteiger partial charge in [0, 0.05) is 41.8 Å². The highest BCUT2D eigenvalue weighted by molar-refractivity contribution is 6.14. The Morgan fingerprint density at radius 3 is 2.54 bits per heavy atom. The molecule has 0 radical (unpaired) electrons. The van der Waals surface area contributed by atoms with Gasteiger partial charge in [0.2, 0.25) is 0 Å². The van der Waals surface area contributed by atoms with Crippen LogP contribution in [0.2, 0.25) is 0 Å². The molecule has 1 heterocycles. The predicted molar refractivity (Wildman–Crippen MR) is 147 cm³/mol. The van der Waals surface area contributed by atoms with Crippen molar-refractivity contribution in [3.63, 3.8) is 0 Å². The molecular weight excluding hydrogens is 466 g/mol. The molecule has 0 bridgehead atoms. The highest BCUT2D eigenvalue weighted by atomic mass is 16.5. The highest BCUT2D eigenvalue weighted by Crippen LogP contribution is 2.42.